The highest BCUT2D eigenvalue weighted by Crippen LogP contribution is 2.20. The van der Waals surface area contributed by atoms with Crippen LogP contribution in [0.25, 0.3) is 0 Å². The average molecular weight is 273 g/mol. The van der Waals surface area contributed by atoms with Crippen molar-refractivity contribution < 1.29 is 10.2 Å². The molecule has 0 aliphatic carbocycles. The molecule has 1 aliphatic heterocycles. The van der Waals surface area contributed by atoms with E-state index in [2.05, 4.69) is 22.8 Å². The molecule has 0 spiro atoms. The summed E-state index contributed by atoms with van der Waals surface area (Å²) in [6.45, 7) is 2.23. The van der Waals surface area contributed by atoms with Crippen LogP contribution < -0.4 is 0 Å². The quantitative estimate of drug-likeness (QED) is 0.822. The number of benzene rings is 1. The number of nitrogens with zero attached hydrogens (tertiary/aromatic N) is 1. The molecule has 108 valence electrons. The number of likely N-dealkylation sites (tertiary alicyclic amines) is 1. The van der Waals surface area contributed by atoms with Crippen molar-refractivity contribution in [2.24, 2.45) is 0 Å². The normalized spacial score (nSPS) is 19.4. The van der Waals surface area contributed by atoms with Gasteiger partial charge in [0.2, 0.25) is 0 Å². The average Bonchev–Trinajstić information content (AvgIpc) is 2.50. The minimum Gasteiger partial charge on any atom is -0.395 e. The van der Waals surface area contributed by atoms with Crippen molar-refractivity contribution in [2.75, 3.05) is 19.8 Å². The number of rotatable bonds is 4. The van der Waals surface area contributed by atoms with Gasteiger partial charge in [-0.25, -0.2) is 0 Å². The predicted octanol–water partition coefficient (Wildman–Crippen LogP) is 1.77. The predicted molar refractivity (Wildman–Crippen MR) is 80.2 cm³/mol. The summed E-state index contributed by atoms with van der Waals surface area (Å²) >= 11 is 0. The van der Waals surface area contributed by atoms with Gasteiger partial charge in [-0.3, -0.25) is 4.90 Å². The molecule has 20 heavy (non-hydrogen) atoms. The van der Waals surface area contributed by atoms with Crippen LogP contribution in [0.1, 0.15) is 36.8 Å². The molecule has 3 heteroatoms. The van der Waals surface area contributed by atoms with Gasteiger partial charge in [0.25, 0.3) is 0 Å². The van der Waals surface area contributed by atoms with E-state index in [4.69, 9.17) is 5.11 Å². The van der Waals surface area contributed by atoms with Gasteiger partial charge in [-0.2, -0.15) is 0 Å². The molecule has 1 atom stereocenters. The molecule has 0 radical (unpaired) electrons. The highest BCUT2D eigenvalue weighted by Gasteiger charge is 2.21. The molecule has 1 unspecified atom stereocenters. The van der Waals surface area contributed by atoms with Gasteiger partial charge in [0, 0.05) is 24.6 Å². The number of hydrogen-bond donors (Lipinski definition) is 2. The summed E-state index contributed by atoms with van der Waals surface area (Å²) in [7, 11) is 0. The lowest BCUT2D eigenvalue weighted by Crippen LogP contribution is -2.41. The third kappa shape index (κ3) is 4.08. The van der Waals surface area contributed by atoms with E-state index in [9.17, 15) is 5.11 Å². The molecular formula is C17H23NO2. The maximum absolute atomic E-state index is 9.48. The number of piperidine rings is 1. The van der Waals surface area contributed by atoms with E-state index in [1.165, 1.54) is 18.4 Å². The lowest BCUT2D eigenvalue weighted by Gasteiger charge is -2.34. The smallest absolute Gasteiger partial charge is 0.0586 e. The molecule has 0 aromatic heterocycles. The minimum absolute atomic E-state index is 0.105. The first kappa shape index (κ1) is 15.1. The summed E-state index contributed by atoms with van der Waals surface area (Å²) in [5.41, 5.74) is 2.24. The van der Waals surface area contributed by atoms with Gasteiger partial charge in [0.05, 0.1) is 13.2 Å². The summed E-state index contributed by atoms with van der Waals surface area (Å²) in [4.78, 5) is 2.36. The molecule has 3 nitrogen and oxygen atoms in total. The second-order valence-electron chi connectivity index (χ2n) is 5.24. The van der Waals surface area contributed by atoms with Crippen LogP contribution in [0, 0.1) is 11.8 Å². The second-order valence-corrected chi connectivity index (χ2v) is 5.24. The molecule has 2 rings (SSSR count). The van der Waals surface area contributed by atoms with Crippen molar-refractivity contribution in [1.29, 1.82) is 0 Å². The zero-order chi connectivity index (χ0) is 14.2. The van der Waals surface area contributed by atoms with Gasteiger partial charge in [-0.05, 0) is 31.0 Å². The maximum Gasteiger partial charge on any atom is 0.0586 e. The number of aliphatic hydroxyl groups excluding tert-OH is 2. The fraction of sp³-hybridized carbons (Fsp3) is 0.529. The molecule has 1 aliphatic rings. The Morgan fingerprint density at radius 3 is 2.85 bits per heavy atom. The van der Waals surface area contributed by atoms with Crippen molar-refractivity contribution >= 4 is 0 Å². The highest BCUT2D eigenvalue weighted by atomic mass is 16.3. The van der Waals surface area contributed by atoms with Gasteiger partial charge in [-0.15, -0.1) is 0 Å². The second kappa shape index (κ2) is 8.06. The van der Waals surface area contributed by atoms with Gasteiger partial charge >= 0.3 is 0 Å². The Hall–Kier alpha value is -1.34. The van der Waals surface area contributed by atoms with E-state index >= 15 is 0 Å². The zero-order valence-electron chi connectivity index (χ0n) is 11.9. The van der Waals surface area contributed by atoms with E-state index < -0.39 is 0 Å². The molecule has 1 heterocycles. The van der Waals surface area contributed by atoms with Crippen LogP contribution in [0.2, 0.25) is 0 Å². The van der Waals surface area contributed by atoms with E-state index in [-0.39, 0.29) is 19.3 Å². The summed E-state index contributed by atoms with van der Waals surface area (Å²) in [6, 6.07) is 8.43. The molecular weight excluding hydrogens is 250 g/mol. The Labute approximate surface area is 121 Å². The van der Waals surface area contributed by atoms with Gasteiger partial charge < -0.3 is 10.2 Å². The topological polar surface area (TPSA) is 43.7 Å². The van der Waals surface area contributed by atoms with Crippen molar-refractivity contribution in [3.63, 3.8) is 0 Å². The third-order valence-corrected chi connectivity index (χ3v) is 3.81. The van der Waals surface area contributed by atoms with Crippen LogP contribution in [0.5, 0.6) is 0 Å². The van der Waals surface area contributed by atoms with Crippen LogP contribution in [-0.2, 0) is 6.54 Å². The molecule has 1 aromatic carbocycles. The van der Waals surface area contributed by atoms with Crippen LogP contribution in [0.15, 0.2) is 24.3 Å². The Morgan fingerprint density at radius 1 is 1.20 bits per heavy atom. The Morgan fingerprint density at radius 2 is 2.05 bits per heavy atom. The summed E-state index contributed by atoms with van der Waals surface area (Å²) in [5.74, 6) is 6.12. The SMILES string of the molecule is OCCC#Cc1ccccc1CN1CCCCC1CO. The molecule has 0 amide bonds. The monoisotopic (exact) mass is 273 g/mol. The van der Waals surface area contributed by atoms with E-state index in [0.717, 1.165) is 25.1 Å². The van der Waals surface area contributed by atoms with Crippen molar-refractivity contribution in [3.8, 4) is 11.8 Å². The zero-order valence-corrected chi connectivity index (χ0v) is 11.9. The summed E-state index contributed by atoms with van der Waals surface area (Å²) in [6.07, 6.45) is 4.00. The number of hydrogen-bond acceptors (Lipinski definition) is 3. The first-order valence-electron chi connectivity index (χ1n) is 7.37. The molecule has 2 N–H and O–H groups in total. The first-order valence-corrected chi connectivity index (χ1v) is 7.37. The first-order chi connectivity index (χ1) is 9.85. The Bertz CT molecular complexity index is 475. The molecule has 1 aromatic rings. The van der Waals surface area contributed by atoms with Crippen molar-refractivity contribution in [2.45, 2.75) is 38.3 Å². The minimum atomic E-state index is 0.105. The van der Waals surface area contributed by atoms with E-state index in [1.807, 2.05) is 18.2 Å². The number of aliphatic hydroxyl groups is 2. The Kier molecular flexibility index (Phi) is 6.07. The summed E-state index contributed by atoms with van der Waals surface area (Å²) < 4.78 is 0. The van der Waals surface area contributed by atoms with Crippen molar-refractivity contribution in [1.82, 2.24) is 4.90 Å². The highest BCUT2D eigenvalue weighted by molar-refractivity contribution is 5.41. The maximum atomic E-state index is 9.48. The Balaban J connectivity index is 2.10. The van der Waals surface area contributed by atoms with Gasteiger partial charge in [0.1, 0.15) is 0 Å². The third-order valence-electron chi connectivity index (χ3n) is 3.81. The molecule has 0 saturated carbocycles. The van der Waals surface area contributed by atoms with Crippen LogP contribution >= 0.6 is 0 Å². The van der Waals surface area contributed by atoms with Crippen molar-refractivity contribution in [3.05, 3.63) is 35.4 Å². The largest absolute Gasteiger partial charge is 0.395 e. The summed E-state index contributed by atoms with van der Waals surface area (Å²) in [5, 5.41) is 18.3. The van der Waals surface area contributed by atoms with Gasteiger partial charge in [-0.1, -0.05) is 36.5 Å². The lowest BCUT2D eigenvalue weighted by molar-refractivity contribution is 0.0840. The van der Waals surface area contributed by atoms with Crippen LogP contribution in [0.3, 0.4) is 0 Å². The lowest BCUT2D eigenvalue weighted by atomic mass is 10.0. The molecule has 0 bridgehead atoms. The fourth-order valence-electron chi connectivity index (χ4n) is 2.69. The van der Waals surface area contributed by atoms with Crippen LogP contribution in [-0.4, -0.2) is 40.9 Å². The molecule has 1 saturated heterocycles. The molecule has 1 fully saturated rings. The van der Waals surface area contributed by atoms with Crippen LogP contribution in [0.4, 0.5) is 0 Å². The standard InChI is InChI=1S/C17H23NO2/c19-12-6-4-8-15-7-1-2-9-16(15)13-18-11-5-3-10-17(18)14-20/h1-2,7,9,17,19-20H,3,5-6,10-14H2. The van der Waals surface area contributed by atoms with E-state index in [0.29, 0.717) is 6.42 Å². The van der Waals surface area contributed by atoms with Gasteiger partial charge in [0.15, 0.2) is 0 Å². The van der Waals surface area contributed by atoms with E-state index in [1.54, 1.807) is 0 Å². The fourth-order valence-corrected chi connectivity index (χ4v) is 2.69.